The number of carbonyl (C=O) groups excluding carboxylic acids is 1. The fourth-order valence-corrected chi connectivity index (χ4v) is 3.59. The van der Waals surface area contributed by atoms with E-state index in [0.29, 0.717) is 37.1 Å². The molecule has 0 spiro atoms. The molecule has 1 aliphatic rings. The highest BCUT2D eigenvalue weighted by atomic mass is 32.2. The van der Waals surface area contributed by atoms with Crippen LogP contribution in [0.2, 0.25) is 0 Å². The molecule has 8 heteroatoms. The van der Waals surface area contributed by atoms with E-state index >= 15 is 0 Å². The topological polar surface area (TPSA) is 93.5 Å². The molecule has 1 heterocycles. The molecule has 1 aromatic rings. The number of nitriles is 1. The first-order valence-electron chi connectivity index (χ1n) is 7.33. The Morgan fingerprint density at radius 1 is 1.35 bits per heavy atom. The highest BCUT2D eigenvalue weighted by Crippen LogP contribution is 2.16. The van der Waals surface area contributed by atoms with Gasteiger partial charge in [0.15, 0.2) is 0 Å². The first kappa shape index (κ1) is 17.4. The van der Waals surface area contributed by atoms with Crippen LogP contribution in [0.15, 0.2) is 24.3 Å². The third-order valence-corrected chi connectivity index (χ3v) is 5.77. The quantitative estimate of drug-likeness (QED) is 0.869. The monoisotopic (exact) mass is 336 g/mol. The number of hydrogen-bond donors (Lipinski definition) is 1. The van der Waals surface area contributed by atoms with Crippen LogP contribution in [0.25, 0.3) is 0 Å². The minimum absolute atomic E-state index is 0.0677. The van der Waals surface area contributed by atoms with Gasteiger partial charge in [0.2, 0.25) is 0 Å². The van der Waals surface area contributed by atoms with Crippen molar-refractivity contribution in [3.8, 4) is 6.07 Å². The number of benzene rings is 1. The minimum Gasteiger partial charge on any atom is -0.349 e. The molecule has 0 unspecified atom stereocenters. The molecule has 23 heavy (non-hydrogen) atoms. The second-order valence-electron chi connectivity index (χ2n) is 5.63. The van der Waals surface area contributed by atoms with Crippen LogP contribution in [0.3, 0.4) is 0 Å². The summed E-state index contributed by atoms with van der Waals surface area (Å²) in [6.07, 6.45) is 1.13. The first-order chi connectivity index (χ1) is 10.8. The third-order valence-electron chi connectivity index (χ3n) is 3.83. The molecule has 1 aliphatic heterocycles. The van der Waals surface area contributed by atoms with E-state index in [-0.39, 0.29) is 11.9 Å². The van der Waals surface area contributed by atoms with Gasteiger partial charge in [-0.3, -0.25) is 4.79 Å². The highest BCUT2D eigenvalue weighted by Gasteiger charge is 2.30. The van der Waals surface area contributed by atoms with Gasteiger partial charge < -0.3 is 5.32 Å². The van der Waals surface area contributed by atoms with Crippen LogP contribution in [0.5, 0.6) is 0 Å². The van der Waals surface area contributed by atoms with Gasteiger partial charge >= 0.3 is 0 Å². The summed E-state index contributed by atoms with van der Waals surface area (Å²) in [6.45, 7) is 0.757. The molecule has 1 N–H and O–H groups in total. The molecule has 0 radical (unpaired) electrons. The van der Waals surface area contributed by atoms with Crippen LogP contribution in [0.4, 0.5) is 0 Å². The van der Waals surface area contributed by atoms with Gasteiger partial charge in [0, 0.05) is 38.8 Å². The molecule has 0 aliphatic carbocycles. The molecule has 2 rings (SSSR count). The van der Waals surface area contributed by atoms with Crippen LogP contribution in [-0.4, -0.2) is 56.2 Å². The van der Waals surface area contributed by atoms with E-state index in [1.807, 2.05) is 6.07 Å². The Morgan fingerprint density at radius 3 is 2.57 bits per heavy atom. The molecule has 124 valence electrons. The van der Waals surface area contributed by atoms with Crippen molar-refractivity contribution in [2.75, 3.05) is 27.2 Å². The Hall–Kier alpha value is -1.95. The summed E-state index contributed by atoms with van der Waals surface area (Å²) in [5.74, 6) is -0.240. The van der Waals surface area contributed by atoms with Crippen molar-refractivity contribution in [2.45, 2.75) is 18.9 Å². The van der Waals surface area contributed by atoms with E-state index in [1.54, 1.807) is 24.3 Å². The summed E-state index contributed by atoms with van der Waals surface area (Å²) in [6, 6.07) is 8.44. The van der Waals surface area contributed by atoms with E-state index in [0.717, 1.165) is 0 Å². The molecule has 7 nitrogen and oxygen atoms in total. The van der Waals surface area contributed by atoms with Gasteiger partial charge in [-0.1, -0.05) is 6.07 Å². The van der Waals surface area contributed by atoms with Crippen molar-refractivity contribution in [3.05, 3.63) is 35.4 Å². The second-order valence-corrected chi connectivity index (χ2v) is 7.77. The number of piperidine rings is 1. The van der Waals surface area contributed by atoms with Gasteiger partial charge in [0.25, 0.3) is 16.1 Å². The third kappa shape index (κ3) is 4.07. The maximum absolute atomic E-state index is 12.2. The average Bonchev–Trinajstić information content (AvgIpc) is 2.55. The van der Waals surface area contributed by atoms with Gasteiger partial charge in [-0.2, -0.15) is 22.3 Å². The summed E-state index contributed by atoms with van der Waals surface area (Å²) >= 11 is 0. The number of amides is 1. The lowest BCUT2D eigenvalue weighted by atomic mass is 10.1. The molecular formula is C15H20N4O3S. The molecule has 1 saturated heterocycles. The zero-order chi connectivity index (χ0) is 17.0. The van der Waals surface area contributed by atoms with E-state index < -0.39 is 10.2 Å². The zero-order valence-electron chi connectivity index (χ0n) is 13.2. The van der Waals surface area contributed by atoms with Crippen molar-refractivity contribution in [2.24, 2.45) is 0 Å². The van der Waals surface area contributed by atoms with Gasteiger partial charge in [0.05, 0.1) is 11.6 Å². The van der Waals surface area contributed by atoms with Crippen molar-refractivity contribution in [1.29, 1.82) is 5.26 Å². The number of nitrogens with one attached hydrogen (secondary N) is 1. The molecule has 1 fully saturated rings. The number of nitrogens with zero attached hydrogens (tertiary/aromatic N) is 3. The van der Waals surface area contributed by atoms with E-state index in [9.17, 15) is 13.2 Å². The molecule has 0 aromatic heterocycles. The highest BCUT2D eigenvalue weighted by molar-refractivity contribution is 7.86. The Labute approximate surface area is 136 Å². The molecule has 1 aromatic carbocycles. The Balaban J connectivity index is 1.94. The van der Waals surface area contributed by atoms with E-state index in [1.165, 1.54) is 22.7 Å². The Bertz CT molecular complexity index is 716. The lowest BCUT2D eigenvalue weighted by Gasteiger charge is -2.33. The average molecular weight is 336 g/mol. The Morgan fingerprint density at radius 2 is 2.00 bits per heavy atom. The summed E-state index contributed by atoms with van der Waals surface area (Å²) in [4.78, 5) is 12.2. The van der Waals surface area contributed by atoms with Gasteiger partial charge in [-0.15, -0.1) is 0 Å². The smallest absolute Gasteiger partial charge is 0.281 e. The number of rotatable bonds is 4. The van der Waals surface area contributed by atoms with Gasteiger partial charge in [-0.25, -0.2) is 0 Å². The fourth-order valence-electron chi connectivity index (χ4n) is 2.46. The molecule has 0 saturated carbocycles. The fraction of sp³-hybridized carbons (Fsp3) is 0.467. The number of hydrogen-bond acceptors (Lipinski definition) is 4. The predicted molar refractivity (Wildman–Crippen MR) is 85.8 cm³/mol. The zero-order valence-corrected chi connectivity index (χ0v) is 14.0. The lowest BCUT2D eigenvalue weighted by molar-refractivity contribution is 0.0923. The summed E-state index contributed by atoms with van der Waals surface area (Å²) in [5.41, 5.74) is 0.872. The standard InChI is InChI=1S/C15H20N4O3S/c1-18(2)23(21,22)19-8-6-14(7-9-19)17-15(20)13-5-3-4-12(10-13)11-16/h3-5,10,14H,6-9H2,1-2H3,(H,17,20). The van der Waals surface area contributed by atoms with Crippen LogP contribution in [-0.2, 0) is 10.2 Å². The SMILES string of the molecule is CN(C)S(=O)(=O)N1CCC(NC(=O)c2cccc(C#N)c2)CC1. The van der Waals surface area contributed by atoms with Crippen LogP contribution < -0.4 is 5.32 Å². The summed E-state index contributed by atoms with van der Waals surface area (Å²) < 4.78 is 26.7. The summed E-state index contributed by atoms with van der Waals surface area (Å²) in [7, 11) is -0.384. The largest absolute Gasteiger partial charge is 0.349 e. The van der Waals surface area contributed by atoms with Crippen LogP contribution in [0.1, 0.15) is 28.8 Å². The molecule has 0 bridgehead atoms. The van der Waals surface area contributed by atoms with Crippen molar-refractivity contribution < 1.29 is 13.2 Å². The molecular weight excluding hydrogens is 316 g/mol. The van der Waals surface area contributed by atoms with Gasteiger partial charge in [0.1, 0.15) is 0 Å². The summed E-state index contributed by atoms with van der Waals surface area (Å²) in [5, 5.41) is 11.8. The molecule has 1 amide bonds. The van der Waals surface area contributed by atoms with Crippen LogP contribution in [0, 0.1) is 11.3 Å². The normalized spacial score (nSPS) is 17.0. The lowest BCUT2D eigenvalue weighted by Crippen LogP contribution is -2.49. The maximum atomic E-state index is 12.2. The number of carbonyl (C=O) groups is 1. The Kier molecular flexibility index (Phi) is 5.36. The van der Waals surface area contributed by atoms with Crippen LogP contribution >= 0.6 is 0 Å². The maximum Gasteiger partial charge on any atom is 0.281 e. The van der Waals surface area contributed by atoms with E-state index in [2.05, 4.69) is 5.32 Å². The molecule has 0 atom stereocenters. The van der Waals surface area contributed by atoms with E-state index in [4.69, 9.17) is 5.26 Å². The second kappa shape index (κ2) is 7.08. The minimum atomic E-state index is -3.40. The van der Waals surface area contributed by atoms with Crippen molar-refractivity contribution in [1.82, 2.24) is 13.9 Å². The van der Waals surface area contributed by atoms with Crippen molar-refractivity contribution >= 4 is 16.1 Å². The van der Waals surface area contributed by atoms with Crippen molar-refractivity contribution in [3.63, 3.8) is 0 Å². The predicted octanol–water partition coefficient (Wildman–Crippen LogP) is 0.559. The van der Waals surface area contributed by atoms with Gasteiger partial charge in [-0.05, 0) is 31.0 Å². The first-order valence-corrected chi connectivity index (χ1v) is 8.73.